The molecular formula is C10H12INO3. The minimum Gasteiger partial charge on any atom is -0.413 e. The van der Waals surface area contributed by atoms with E-state index in [1.807, 2.05) is 24.3 Å². The van der Waals surface area contributed by atoms with Crippen molar-refractivity contribution < 1.29 is 14.3 Å². The van der Waals surface area contributed by atoms with Crippen LogP contribution in [0.5, 0.6) is 0 Å². The molecule has 82 valence electrons. The molecule has 0 aliphatic rings. The van der Waals surface area contributed by atoms with Gasteiger partial charge >= 0.3 is 6.09 Å². The minimum atomic E-state index is -1.14. The van der Waals surface area contributed by atoms with Gasteiger partial charge in [-0.15, -0.1) is 0 Å². The first-order chi connectivity index (χ1) is 6.99. The summed E-state index contributed by atoms with van der Waals surface area (Å²) in [5.41, 5.74) is 5.77. The van der Waals surface area contributed by atoms with Gasteiger partial charge in [-0.25, -0.2) is 4.79 Å². The van der Waals surface area contributed by atoms with Gasteiger partial charge in [0.05, 0.1) is 0 Å². The molecule has 2 N–H and O–H groups in total. The van der Waals surface area contributed by atoms with Crippen LogP contribution >= 0.6 is 22.6 Å². The van der Waals surface area contributed by atoms with Gasteiger partial charge in [-0.2, -0.15) is 0 Å². The van der Waals surface area contributed by atoms with Crippen LogP contribution in [-0.4, -0.2) is 13.2 Å². The van der Waals surface area contributed by atoms with Gasteiger partial charge in [0.15, 0.2) is 0 Å². The van der Waals surface area contributed by atoms with Crippen LogP contribution in [0, 0.1) is 3.57 Å². The predicted molar refractivity (Wildman–Crippen MR) is 64.2 cm³/mol. The van der Waals surface area contributed by atoms with E-state index in [4.69, 9.17) is 15.2 Å². The Hall–Kier alpha value is -0.820. The monoisotopic (exact) mass is 321 g/mol. The average molecular weight is 321 g/mol. The Morgan fingerprint density at radius 2 is 2.07 bits per heavy atom. The van der Waals surface area contributed by atoms with Crippen molar-refractivity contribution in [2.75, 3.05) is 7.11 Å². The van der Waals surface area contributed by atoms with Crippen LogP contribution < -0.4 is 5.73 Å². The van der Waals surface area contributed by atoms with Crippen molar-refractivity contribution in [2.45, 2.75) is 12.7 Å². The fraction of sp³-hybridized carbons (Fsp3) is 0.300. The van der Waals surface area contributed by atoms with E-state index in [1.54, 1.807) is 6.92 Å². The number of carbonyl (C=O) groups is 1. The zero-order chi connectivity index (χ0) is 11.5. The Morgan fingerprint density at radius 1 is 1.47 bits per heavy atom. The Morgan fingerprint density at radius 3 is 2.53 bits per heavy atom. The van der Waals surface area contributed by atoms with E-state index in [2.05, 4.69) is 22.6 Å². The van der Waals surface area contributed by atoms with Gasteiger partial charge in [0.25, 0.3) is 0 Å². The lowest BCUT2D eigenvalue weighted by Gasteiger charge is -2.28. The summed E-state index contributed by atoms with van der Waals surface area (Å²) in [6, 6.07) is 7.47. The molecule has 5 heteroatoms. The molecule has 15 heavy (non-hydrogen) atoms. The number of nitrogens with two attached hydrogens (primary N) is 1. The molecule has 4 nitrogen and oxygen atoms in total. The maximum atomic E-state index is 10.8. The van der Waals surface area contributed by atoms with Gasteiger partial charge in [-0.05, 0) is 28.7 Å². The molecule has 1 aromatic carbocycles. The van der Waals surface area contributed by atoms with Crippen LogP contribution in [-0.2, 0) is 15.3 Å². The maximum Gasteiger partial charge on any atom is 0.407 e. The summed E-state index contributed by atoms with van der Waals surface area (Å²) in [5, 5.41) is 0. The van der Waals surface area contributed by atoms with Crippen molar-refractivity contribution in [3.05, 3.63) is 33.4 Å². The van der Waals surface area contributed by atoms with Crippen molar-refractivity contribution in [1.29, 1.82) is 0 Å². The van der Waals surface area contributed by atoms with E-state index in [0.717, 1.165) is 9.13 Å². The van der Waals surface area contributed by atoms with Crippen LogP contribution in [0.1, 0.15) is 12.5 Å². The first-order valence-electron chi connectivity index (χ1n) is 4.28. The smallest absolute Gasteiger partial charge is 0.407 e. The van der Waals surface area contributed by atoms with Crippen LogP contribution in [0.15, 0.2) is 24.3 Å². The lowest BCUT2D eigenvalue weighted by molar-refractivity contribution is -0.178. The number of ether oxygens (including phenoxy) is 2. The van der Waals surface area contributed by atoms with E-state index >= 15 is 0 Å². The van der Waals surface area contributed by atoms with Gasteiger partial charge in [0.2, 0.25) is 5.79 Å². The molecule has 0 heterocycles. The Labute approximate surface area is 102 Å². The van der Waals surface area contributed by atoms with Gasteiger partial charge in [0.1, 0.15) is 0 Å². The fourth-order valence-electron chi connectivity index (χ4n) is 1.23. The third-order valence-corrected chi connectivity index (χ3v) is 2.99. The number of halogens is 1. The molecule has 0 bridgehead atoms. The van der Waals surface area contributed by atoms with Crippen LogP contribution in [0.4, 0.5) is 4.79 Å². The van der Waals surface area contributed by atoms with E-state index in [9.17, 15) is 4.79 Å². The highest BCUT2D eigenvalue weighted by Gasteiger charge is 2.31. The summed E-state index contributed by atoms with van der Waals surface area (Å²) in [4.78, 5) is 10.8. The van der Waals surface area contributed by atoms with E-state index in [1.165, 1.54) is 7.11 Å². The zero-order valence-electron chi connectivity index (χ0n) is 8.49. The first-order valence-corrected chi connectivity index (χ1v) is 5.36. The second-order valence-corrected chi connectivity index (χ2v) is 4.21. The van der Waals surface area contributed by atoms with Gasteiger partial charge in [-0.1, -0.05) is 18.2 Å². The number of hydrogen-bond acceptors (Lipinski definition) is 3. The molecule has 1 amide bonds. The Bertz CT molecular complexity index is 369. The Balaban J connectivity index is 3.11. The topological polar surface area (TPSA) is 61.6 Å². The van der Waals surface area contributed by atoms with Crippen molar-refractivity contribution in [3.63, 3.8) is 0 Å². The van der Waals surface area contributed by atoms with E-state index < -0.39 is 11.9 Å². The van der Waals surface area contributed by atoms with Crippen molar-refractivity contribution >= 4 is 28.7 Å². The molecule has 0 radical (unpaired) electrons. The molecule has 0 saturated heterocycles. The highest BCUT2D eigenvalue weighted by atomic mass is 127. The lowest BCUT2D eigenvalue weighted by Crippen LogP contribution is -2.34. The SMILES string of the molecule is COC(C)(OC(N)=O)c1ccccc1I. The second-order valence-electron chi connectivity index (χ2n) is 3.05. The molecule has 1 unspecified atom stereocenters. The molecule has 0 spiro atoms. The van der Waals surface area contributed by atoms with Crippen molar-refractivity contribution in [1.82, 2.24) is 0 Å². The minimum absolute atomic E-state index is 0.770. The summed E-state index contributed by atoms with van der Waals surface area (Å²) in [6.07, 6.45) is -0.862. The zero-order valence-corrected chi connectivity index (χ0v) is 10.6. The highest BCUT2D eigenvalue weighted by molar-refractivity contribution is 14.1. The largest absolute Gasteiger partial charge is 0.413 e. The van der Waals surface area contributed by atoms with Crippen LogP contribution in [0.3, 0.4) is 0 Å². The second kappa shape index (κ2) is 4.80. The molecule has 0 aliphatic heterocycles. The highest BCUT2D eigenvalue weighted by Crippen LogP contribution is 2.29. The normalized spacial score (nSPS) is 14.3. The summed E-state index contributed by atoms with van der Waals surface area (Å²) >= 11 is 2.14. The van der Waals surface area contributed by atoms with Crippen molar-refractivity contribution in [2.24, 2.45) is 5.73 Å². The summed E-state index contributed by atoms with van der Waals surface area (Å²) in [7, 11) is 1.46. The average Bonchev–Trinajstić information content (AvgIpc) is 2.17. The number of methoxy groups -OCH3 is 1. The standard InChI is InChI=1S/C10H12INO3/c1-10(14-2,15-9(12)13)7-5-3-4-6-8(7)11/h3-6H,1-2H3,(H2,12,13). The predicted octanol–water partition coefficient (Wildman–Crippen LogP) is 2.21. The molecule has 1 rings (SSSR count). The lowest BCUT2D eigenvalue weighted by atomic mass is 10.1. The maximum absolute atomic E-state index is 10.8. The number of rotatable bonds is 3. The molecule has 0 saturated carbocycles. The third kappa shape index (κ3) is 2.82. The summed E-state index contributed by atoms with van der Waals surface area (Å²) in [5.74, 6) is -1.14. The number of carbonyl (C=O) groups excluding carboxylic acids is 1. The van der Waals surface area contributed by atoms with Crippen LogP contribution in [0.2, 0.25) is 0 Å². The molecule has 0 aliphatic carbocycles. The molecule has 0 aromatic heterocycles. The molecule has 1 atom stereocenters. The first kappa shape index (κ1) is 12.3. The molecular weight excluding hydrogens is 309 g/mol. The fourth-order valence-corrected chi connectivity index (χ4v) is 2.11. The van der Waals surface area contributed by atoms with Gasteiger partial charge in [-0.3, -0.25) is 0 Å². The van der Waals surface area contributed by atoms with E-state index in [0.29, 0.717) is 0 Å². The number of amides is 1. The number of primary amides is 1. The summed E-state index contributed by atoms with van der Waals surface area (Å²) in [6.45, 7) is 1.65. The quantitative estimate of drug-likeness (QED) is 0.686. The van der Waals surface area contributed by atoms with Crippen LogP contribution in [0.25, 0.3) is 0 Å². The third-order valence-electron chi connectivity index (χ3n) is 2.05. The molecule has 1 aromatic rings. The van der Waals surface area contributed by atoms with E-state index in [-0.39, 0.29) is 0 Å². The number of hydrogen-bond donors (Lipinski definition) is 1. The van der Waals surface area contributed by atoms with Gasteiger partial charge < -0.3 is 15.2 Å². The number of benzene rings is 1. The summed E-state index contributed by atoms with van der Waals surface area (Å²) < 4.78 is 11.1. The molecule has 0 fully saturated rings. The van der Waals surface area contributed by atoms with Gasteiger partial charge in [0, 0.05) is 23.2 Å². The Kier molecular flexibility index (Phi) is 3.92. The van der Waals surface area contributed by atoms with Crippen molar-refractivity contribution in [3.8, 4) is 0 Å².